The van der Waals surface area contributed by atoms with Crippen LogP contribution in [-0.4, -0.2) is 40.8 Å². The van der Waals surface area contributed by atoms with Crippen LogP contribution in [0.3, 0.4) is 0 Å². The molecule has 1 aromatic carbocycles. The van der Waals surface area contributed by atoms with Crippen molar-refractivity contribution in [1.82, 2.24) is 5.48 Å². The molecular weight excluding hydrogens is 322 g/mol. The molecule has 9 heteroatoms. The summed E-state index contributed by atoms with van der Waals surface area (Å²) in [5.74, 6) is -0.662. The van der Waals surface area contributed by atoms with E-state index in [1.54, 1.807) is 6.92 Å². The molecule has 0 aliphatic rings. The fraction of sp³-hybridized carbons (Fsp3) is 0.333. The molecule has 0 heterocycles. The molecule has 0 aromatic heterocycles. The summed E-state index contributed by atoms with van der Waals surface area (Å²) in [6.45, 7) is 2.30. The molecule has 21 heavy (non-hydrogen) atoms. The van der Waals surface area contributed by atoms with Crippen molar-refractivity contribution in [3.05, 3.63) is 28.8 Å². The van der Waals surface area contributed by atoms with E-state index in [0.29, 0.717) is 13.0 Å². The summed E-state index contributed by atoms with van der Waals surface area (Å²) in [6.07, 6.45) is 1.51. The van der Waals surface area contributed by atoms with Crippen LogP contribution >= 0.6 is 11.6 Å². The maximum Gasteiger partial charge on any atom is 0.339 e. The molecule has 0 unspecified atom stereocenters. The molecule has 0 saturated heterocycles. The van der Waals surface area contributed by atoms with Crippen LogP contribution in [0.25, 0.3) is 0 Å². The van der Waals surface area contributed by atoms with E-state index < -0.39 is 15.8 Å². The van der Waals surface area contributed by atoms with E-state index in [-0.39, 0.29) is 15.5 Å². The maximum atomic E-state index is 11.3. The van der Waals surface area contributed by atoms with Crippen LogP contribution in [0.2, 0.25) is 5.02 Å². The van der Waals surface area contributed by atoms with E-state index in [0.717, 1.165) is 6.26 Å². The number of rotatable bonds is 5. The normalized spacial score (nSPS) is 10.1. The molecule has 0 saturated carbocycles. The highest BCUT2D eigenvalue weighted by atomic mass is 35.5. The molecule has 0 aliphatic carbocycles. The Morgan fingerprint density at radius 2 is 2.05 bits per heavy atom. The molecule has 0 aliphatic heterocycles. The number of carbonyl (C=O) groups is 2. The van der Waals surface area contributed by atoms with E-state index in [2.05, 4.69) is 9.57 Å². The first-order valence-electron chi connectivity index (χ1n) is 5.67. The average Bonchev–Trinajstić information content (AvgIpc) is 2.44. The molecule has 1 rings (SSSR count). The molecule has 0 spiro atoms. The number of hydrogen-bond donors (Lipinski definition) is 1. The Labute approximate surface area is 128 Å². The number of amides is 1. The van der Waals surface area contributed by atoms with Gasteiger partial charge >= 0.3 is 5.97 Å². The Bertz CT molecular complexity index is 587. The van der Waals surface area contributed by atoms with Gasteiger partial charge in [-0.2, -0.15) is 0 Å². The monoisotopic (exact) mass is 337 g/mol. The van der Waals surface area contributed by atoms with Crippen molar-refractivity contribution in [2.45, 2.75) is 11.8 Å². The Morgan fingerprint density at radius 3 is 2.43 bits per heavy atom. The number of sulfone groups is 1. The second-order valence-corrected chi connectivity index (χ2v) is 5.91. The lowest BCUT2D eigenvalue weighted by Crippen LogP contribution is -2.10. The van der Waals surface area contributed by atoms with Crippen molar-refractivity contribution < 1.29 is 27.6 Å². The minimum Gasteiger partial charge on any atom is -0.465 e. The highest BCUT2D eigenvalue weighted by Gasteiger charge is 2.18. The van der Waals surface area contributed by atoms with Gasteiger partial charge in [-0.3, -0.25) is 9.63 Å². The molecule has 0 radical (unpaired) electrons. The van der Waals surface area contributed by atoms with Gasteiger partial charge in [-0.1, -0.05) is 17.7 Å². The molecule has 7 nitrogen and oxygen atoms in total. The standard InChI is InChI=1S/C9H9ClO4S.C3H7NO2/c1-14-9(11)6-4-3-5-7(8(6)10)15(2,12)13;1-2-6-4-3-5/h3-5H,1-2H3;3H,2H2,1H3,(H,4,5). The lowest BCUT2D eigenvalue weighted by molar-refractivity contribution is -0.120. The fourth-order valence-corrected chi connectivity index (χ4v) is 2.57. The first-order valence-corrected chi connectivity index (χ1v) is 7.94. The number of hydrogen-bond acceptors (Lipinski definition) is 6. The van der Waals surface area contributed by atoms with Gasteiger partial charge in [0.1, 0.15) is 0 Å². The number of carbonyl (C=O) groups excluding carboxylic acids is 2. The Hall–Kier alpha value is -1.64. The van der Waals surface area contributed by atoms with Gasteiger partial charge in [0.2, 0.25) is 6.41 Å². The SMILES string of the molecule is CCONC=O.COC(=O)c1cccc(S(C)(=O)=O)c1Cl. The topological polar surface area (TPSA) is 98.8 Å². The Balaban J connectivity index is 0.000000567. The van der Waals surface area contributed by atoms with E-state index in [4.69, 9.17) is 11.6 Å². The number of ether oxygens (including phenoxy) is 1. The zero-order valence-corrected chi connectivity index (χ0v) is 13.3. The van der Waals surface area contributed by atoms with Crippen LogP contribution in [0.5, 0.6) is 0 Å². The average molecular weight is 338 g/mol. The summed E-state index contributed by atoms with van der Waals surface area (Å²) in [5.41, 5.74) is 2.06. The van der Waals surface area contributed by atoms with Gasteiger partial charge in [0, 0.05) is 6.26 Å². The van der Waals surface area contributed by atoms with Crippen LogP contribution in [-0.2, 0) is 24.2 Å². The van der Waals surface area contributed by atoms with E-state index in [1.165, 1.54) is 25.3 Å². The Kier molecular flexibility index (Phi) is 8.60. The largest absolute Gasteiger partial charge is 0.465 e. The lowest BCUT2D eigenvalue weighted by atomic mass is 10.2. The fourth-order valence-electron chi connectivity index (χ4n) is 1.18. The number of halogens is 1. The second-order valence-electron chi connectivity index (χ2n) is 3.55. The molecule has 1 N–H and O–H groups in total. The van der Waals surface area contributed by atoms with Crippen molar-refractivity contribution in [3.8, 4) is 0 Å². The van der Waals surface area contributed by atoms with E-state index >= 15 is 0 Å². The molecular formula is C12H16ClNO6S. The zero-order valence-electron chi connectivity index (χ0n) is 11.8. The lowest BCUT2D eigenvalue weighted by Gasteiger charge is -2.05. The first kappa shape index (κ1) is 19.4. The van der Waals surface area contributed by atoms with Gasteiger partial charge in [-0.25, -0.2) is 18.7 Å². The molecule has 0 atom stereocenters. The summed E-state index contributed by atoms with van der Waals surface area (Å²) in [6, 6.07) is 4.18. The van der Waals surface area contributed by atoms with Crippen LogP contribution < -0.4 is 5.48 Å². The predicted molar refractivity (Wildman–Crippen MR) is 76.7 cm³/mol. The number of nitrogens with one attached hydrogen (secondary N) is 1. The van der Waals surface area contributed by atoms with Crippen molar-refractivity contribution in [1.29, 1.82) is 0 Å². The third kappa shape index (κ3) is 6.56. The summed E-state index contributed by atoms with van der Waals surface area (Å²) < 4.78 is 27.0. The number of esters is 1. The highest BCUT2D eigenvalue weighted by molar-refractivity contribution is 7.90. The summed E-state index contributed by atoms with van der Waals surface area (Å²) >= 11 is 5.79. The summed E-state index contributed by atoms with van der Waals surface area (Å²) in [5, 5.41) is -0.105. The molecule has 0 bridgehead atoms. The molecule has 1 amide bonds. The van der Waals surface area contributed by atoms with Crippen molar-refractivity contribution >= 4 is 33.8 Å². The number of hydroxylamine groups is 1. The molecule has 0 fully saturated rings. The van der Waals surface area contributed by atoms with Gasteiger partial charge in [0.05, 0.1) is 29.2 Å². The van der Waals surface area contributed by atoms with E-state index in [9.17, 15) is 18.0 Å². The first-order chi connectivity index (χ1) is 9.79. The van der Waals surface area contributed by atoms with Crippen LogP contribution in [0.15, 0.2) is 23.1 Å². The van der Waals surface area contributed by atoms with Crippen LogP contribution in [0.1, 0.15) is 17.3 Å². The van der Waals surface area contributed by atoms with Gasteiger partial charge in [0.15, 0.2) is 9.84 Å². The number of benzene rings is 1. The molecule has 118 valence electrons. The molecule has 1 aromatic rings. The Morgan fingerprint density at radius 1 is 1.43 bits per heavy atom. The minimum atomic E-state index is -3.44. The van der Waals surface area contributed by atoms with Crippen molar-refractivity contribution in [2.24, 2.45) is 0 Å². The van der Waals surface area contributed by atoms with Crippen LogP contribution in [0, 0.1) is 0 Å². The maximum absolute atomic E-state index is 11.3. The smallest absolute Gasteiger partial charge is 0.339 e. The van der Waals surface area contributed by atoms with E-state index in [1.807, 2.05) is 5.48 Å². The summed E-state index contributed by atoms with van der Waals surface area (Å²) in [7, 11) is -2.24. The highest BCUT2D eigenvalue weighted by Crippen LogP contribution is 2.25. The summed E-state index contributed by atoms with van der Waals surface area (Å²) in [4.78, 5) is 24.8. The quantitative estimate of drug-likeness (QED) is 0.375. The van der Waals surface area contributed by atoms with Gasteiger partial charge in [-0.05, 0) is 19.1 Å². The zero-order chi connectivity index (χ0) is 16.5. The van der Waals surface area contributed by atoms with Gasteiger partial charge in [-0.15, -0.1) is 0 Å². The van der Waals surface area contributed by atoms with Crippen molar-refractivity contribution in [3.63, 3.8) is 0 Å². The van der Waals surface area contributed by atoms with Crippen LogP contribution in [0.4, 0.5) is 0 Å². The van der Waals surface area contributed by atoms with Crippen molar-refractivity contribution in [2.75, 3.05) is 20.0 Å². The predicted octanol–water partition coefficient (Wildman–Crippen LogP) is 1.21. The number of methoxy groups -OCH3 is 1. The third-order valence-electron chi connectivity index (χ3n) is 2.04. The third-order valence-corrected chi connectivity index (χ3v) is 3.70. The second kappa shape index (κ2) is 9.32. The van der Waals surface area contributed by atoms with Gasteiger partial charge < -0.3 is 4.74 Å². The minimum absolute atomic E-state index is 0.0436. The van der Waals surface area contributed by atoms with Gasteiger partial charge in [0.25, 0.3) is 0 Å².